The molecule has 6 nitrogen and oxygen atoms in total. The van der Waals surface area contributed by atoms with Crippen molar-refractivity contribution in [2.24, 2.45) is 32.9 Å². The van der Waals surface area contributed by atoms with Gasteiger partial charge in [0.05, 0.1) is 22.6 Å². The molecule has 0 spiro atoms. The highest BCUT2D eigenvalue weighted by molar-refractivity contribution is 5.86. The number of azo groups is 1. The minimum atomic E-state index is -0.751. The summed E-state index contributed by atoms with van der Waals surface area (Å²) in [5, 5.41) is 7.73. The van der Waals surface area contributed by atoms with Crippen molar-refractivity contribution in [1.82, 2.24) is 9.80 Å². The Morgan fingerprint density at radius 1 is 1.17 bits per heavy atom. The number of halogens is 2. The molecule has 1 saturated carbocycles. The summed E-state index contributed by atoms with van der Waals surface area (Å²) in [5.74, 6) is -1.74. The Balaban J connectivity index is 1.88. The molecule has 2 aliphatic rings. The average molecular weight is 499 g/mol. The van der Waals surface area contributed by atoms with Gasteiger partial charge in [0, 0.05) is 33.4 Å². The third kappa shape index (κ3) is 4.90. The number of likely N-dealkylation sites (tertiary alicyclic amines) is 1. The minimum Gasteiger partial charge on any atom is -0.349 e. The molecule has 3 rings (SSSR count). The fourth-order valence-corrected chi connectivity index (χ4v) is 5.67. The molecule has 0 bridgehead atoms. The van der Waals surface area contributed by atoms with E-state index in [9.17, 15) is 18.4 Å². The molecule has 3 atom stereocenters. The van der Waals surface area contributed by atoms with Crippen molar-refractivity contribution >= 4 is 17.5 Å². The molecule has 0 aromatic heterocycles. The number of hydrogen-bond acceptors (Lipinski definition) is 4. The van der Waals surface area contributed by atoms with Crippen molar-refractivity contribution in [1.29, 1.82) is 0 Å². The fourth-order valence-electron chi connectivity index (χ4n) is 5.67. The van der Waals surface area contributed by atoms with E-state index in [0.29, 0.717) is 37.9 Å². The standard InChI is InChI=1S/C28H36F2N4O2/c1-8-31-32-23(24-21(29)10-9-11-22(24)30)16-18(2)20-12-14-28(5,27(20,3)4)26(36)34-15-13-19(17-34)25(35)33(6)7/h8-11,16,19-20H,1-2,12-15,17H2,3-7H3/b23-16-,32-31?/t19?,20?,28-/m1/s1. The maximum absolute atomic E-state index is 14.5. The van der Waals surface area contributed by atoms with Crippen LogP contribution in [-0.2, 0) is 9.59 Å². The molecule has 1 aliphatic heterocycles. The van der Waals surface area contributed by atoms with Crippen molar-refractivity contribution in [2.75, 3.05) is 27.2 Å². The number of nitrogens with zero attached hydrogens (tertiary/aromatic N) is 4. The van der Waals surface area contributed by atoms with E-state index in [4.69, 9.17) is 0 Å². The van der Waals surface area contributed by atoms with Gasteiger partial charge in [0.25, 0.3) is 0 Å². The van der Waals surface area contributed by atoms with E-state index in [1.807, 2.05) is 25.7 Å². The summed E-state index contributed by atoms with van der Waals surface area (Å²) in [6, 6.07) is 3.62. The van der Waals surface area contributed by atoms with Crippen LogP contribution in [0, 0.1) is 34.3 Å². The van der Waals surface area contributed by atoms with Gasteiger partial charge in [-0.3, -0.25) is 9.59 Å². The Morgan fingerprint density at radius 3 is 2.39 bits per heavy atom. The summed E-state index contributed by atoms with van der Waals surface area (Å²) in [4.78, 5) is 29.6. The number of rotatable bonds is 7. The van der Waals surface area contributed by atoms with Crippen molar-refractivity contribution in [3.8, 4) is 0 Å². The lowest BCUT2D eigenvalue weighted by Gasteiger charge is -2.43. The molecule has 1 aromatic carbocycles. The molecule has 0 N–H and O–H groups in total. The minimum absolute atomic E-state index is 0.0100. The molecule has 1 aromatic rings. The van der Waals surface area contributed by atoms with Crippen molar-refractivity contribution in [2.45, 2.75) is 40.0 Å². The van der Waals surface area contributed by atoms with Crippen molar-refractivity contribution < 1.29 is 18.4 Å². The van der Waals surface area contributed by atoms with Crippen LogP contribution < -0.4 is 0 Å². The van der Waals surface area contributed by atoms with Gasteiger partial charge in [-0.2, -0.15) is 10.2 Å². The number of carbonyl (C=O) groups is 2. The highest BCUT2D eigenvalue weighted by atomic mass is 19.1. The summed E-state index contributed by atoms with van der Waals surface area (Å²) in [6.45, 7) is 14.7. The number of benzene rings is 1. The largest absolute Gasteiger partial charge is 0.349 e. The first-order valence-electron chi connectivity index (χ1n) is 12.2. The second-order valence-corrected chi connectivity index (χ2v) is 10.7. The quantitative estimate of drug-likeness (QED) is 0.350. The molecular weight excluding hydrogens is 462 g/mol. The third-order valence-electron chi connectivity index (χ3n) is 8.20. The highest BCUT2D eigenvalue weighted by Gasteiger charge is 2.57. The zero-order valence-electron chi connectivity index (χ0n) is 21.9. The van der Waals surface area contributed by atoms with Crippen LogP contribution in [-0.4, -0.2) is 48.8 Å². The van der Waals surface area contributed by atoms with Gasteiger partial charge < -0.3 is 9.80 Å². The predicted molar refractivity (Wildman–Crippen MR) is 137 cm³/mol. The van der Waals surface area contributed by atoms with Gasteiger partial charge >= 0.3 is 0 Å². The van der Waals surface area contributed by atoms with Crippen LogP contribution in [0.1, 0.15) is 45.6 Å². The lowest BCUT2D eigenvalue weighted by atomic mass is 9.63. The van der Waals surface area contributed by atoms with E-state index in [0.717, 1.165) is 12.1 Å². The van der Waals surface area contributed by atoms with E-state index in [1.165, 1.54) is 12.3 Å². The molecular formula is C28H36F2N4O2. The molecule has 1 saturated heterocycles. The van der Waals surface area contributed by atoms with E-state index >= 15 is 0 Å². The first-order valence-corrected chi connectivity index (χ1v) is 12.2. The number of allylic oxidation sites excluding steroid dienone is 2. The van der Waals surface area contributed by atoms with Gasteiger partial charge in [-0.15, -0.1) is 0 Å². The van der Waals surface area contributed by atoms with Crippen LogP contribution in [0.25, 0.3) is 5.70 Å². The normalized spacial score (nSPS) is 25.9. The van der Waals surface area contributed by atoms with E-state index < -0.39 is 22.5 Å². The van der Waals surface area contributed by atoms with Crippen LogP contribution in [0.15, 0.2) is 59.4 Å². The van der Waals surface area contributed by atoms with Crippen molar-refractivity contribution in [3.05, 3.63) is 66.4 Å². The molecule has 36 heavy (non-hydrogen) atoms. The Bertz CT molecular complexity index is 1100. The summed E-state index contributed by atoms with van der Waals surface area (Å²) in [7, 11) is 3.46. The maximum Gasteiger partial charge on any atom is 0.229 e. The zero-order valence-corrected chi connectivity index (χ0v) is 21.9. The molecule has 194 valence electrons. The smallest absolute Gasteiger partial charge is 0.229 e. The molecule has 2 amide bonds. The average Bonchev–Trinajstić information content (AvgIpc) is 3.39. The first kappa shape index (κ1) is 27.4. The maximum atomic E-state index is 14.5. The highest BCUT2D eigenvalue weighted by Crippen LogP contribution is 2.59. The fraction of sp³-hybridized carbons (Fsp3) is 0.500. The predicted octanol–water partition coefficient (Wildman–Crippen LogP) is 5.84. The van der Waals surface area contributed by atoms with E-state index in [-0.39, 0.29) is 34.9 Å². The SMILES string of the molecule is C=CN=N/C(=C\C(=C)C1CC[C@](C)(C(=O)N2CCC(C(=O)N(C)C)C2)C1(C)C)c1c(F)cccc1F. The topological polar surface area (TPSA) is 65.3 Å². The number of carbonyl (C=O) groups excluding carboxylic acids is 2. The Morgan fingerprint density at radius 2 is 1.81 bits per heavy atom. The van der Waals surface area contributed by atoms with Gasteiger partial charge in [0.2, 0.25) is 11.8 Å². The van der Waals surface area contributed by atoms with E-state index in [2.05, 4.69) is 23.4 Å². The first-order chi connectivity index (χ1) is 16.8. The van der Waals surface area contributed by atoms with Gasteiger partial charge in [-0.1, -0.05) is 40.0 Å². The summed E-state index contributed by atoms with van der Waals surface area (Å²) in [5.41, 5.74) is -0.839. The molecule has 1 aliphatic carbocycles. The second kappa shape index (κ2) is 10.4. The van der Waals surface area contributed by atoms with E-state index in [1.54, 1.807) is 25.1 Å². The van der Waals surface area contributed by atoms with Gasteiger partial charge in [-0.25, -0.2) is 8.78 Å². The number of hydrogen-bond donors (Lipinski definition) is 0. The lowest BCUT2D eigenvalue weighted by Crippen LogP contribution is -2.48. The summed E-state index contributed by atoms with van der Waals surface area (Å²) >= 11 is 0. The summed E-state index contributed by atoms with van der Waals surface area (Å²) < 4.78 is 29.1. The monoisotopic (exact) mass is 498 g/mol. The van der Waals surface area contributed by atoms with Gasteiger partial charge in [-0.05, 0) is 54.4 Å². The van der Waals surface area contributed by atoms with Crippen LogP contribution in [0.4, 0.5) is 8.78 Å². The van der Waals surface area contributed by atoms with Crippen LogP contribution in [0.3, 0.4) is 0 Å². The molecule has 1 heterocycles. The molecule has 0 radical (unpaired) electrons. The van der Waals surface area contributed by atoms with Crippen LogP contribution >= 0.6 is 0 Å². The molecule has 2 unspecified atom stereocenters. The molecule has 2 fully saturated rings. The second-order valence-electron chi connectivity index (χ2n) is 10.7. The van der Waals surface area contributed by atoms with Crippen LogP contribution in [0.2, 0.25) is 0 Å². The Hall–Kier alpha value is -3.16. The lowest BCUT2D eigenvalue weighted by molar-refractivity contribution is -0.146. The summed E-state index contributed by atoms with van der Waals surface area (Å²) in [6.07, 6.45) is 4.72. The Kier molecular flexibility index (Phi) is 7.96. The zero-order chi connectivity index (χ0) is 26.8. The van der Waals surface area contributed by atoms with Crippen molar-refractivity contribution in [3.63, 3.8) is 0 Å². The van der Waals surface area contributed by atoms with Gasteiger partial charge in [0.1, 0.15) is 11.6 Å². The van der Waals surface area contributed by atoms with Gasteiger partial charge in [0.15, 0.2) is 0 Å². The number of amides is 2. The van der Waals surface area contributed by atoms with Crippen LogP contribution in [0.5, 0.6) is 0 Å². The Labute approximate surface area is 212 Å². The third-order valence-corrected chi connectivity index (χ3v) is 8.20. The molecule has 8 heteroatoms.